The summed E-state index contributed by atoms with van der Waals surface area (Å²) in [5.74, 6) is -4.74. The molecule has 1 aliphatic heterocycles. The molecule has 12 heteroatoms. The van der Waals surface area contributed by atoms with E-state index >= 15 is 0 Å². The van der Waals surface area contributed by atoms with Gasteiger partial charge >= 0.3 is 0 Å². The molecule has 1 aliphatic carbocycles. The van der Waals surface area contributed by atoms with Crippen LogP contribution < -0.4 is 9.62 Å². The molecule has 0 spiro atoms. The summed E-state index contributed by atoms with van der Waals surface area (Å²) in [5.41, 5.74) is 5.36. The number of aromatic nitrogens is 3. The summed E-state index contributed by atoms with van der Waals surface area (Å²) in [6.45, 7) is 1.85. The minimum atomic E-state index is -3.61. The van der Waals surface area contributed by atoms with Crippen LogP contribution in [0.2, 0.25) is 0 Å². The fourth-order valence-corrected chi connectivity index (χ4v) is 4.94. The van der Waals surface area contributed by atoms with Gasteiger partial charge in [0, 0.05) is 44.6 Å². The van der Waals surface area contributed by atoms with Crippen LogP contribution in [0.15, 0.2) is 41.8 Å². The Labute approximate surface area is 213 Å². The van der Waals surface area contributed by atoms with Gasteiger partial charge in [0.15, 0.2) is 0 Å². The van der Waals surface area contributed by atoms with E-state index in [0.717, 1.165) is 23.2 Å². The van der Waals surface area contributed by atoms with E-state index in [2.05, 4.69) is 20.3 Å². The van der Waals surface area contributed by atoms with Gasteiger partial charge in [-0.3, -0.25) is 19.1 Å². The fraction of sp³-hybridized carbons (Fsp3) is 0.360. The number of hydrogen-bond acceptors (Lipinski definition) is 7. The summed E-state index contributed by atoms with van der Waals surface area (Å²) in [5, 5.41) is 3.27. The molecule has 2 aliphatic rings. The second-order valence-electron chi connectivity index (χ2n) is 9.62. The number of aryl methyl sites for hydroxylation is 1. The zero-order chi connectivity index (χ0) is 26.7. The van der Waals surface area contributed by atoms with E-state index in [9.17, 15) is 22.0 Å². The van der Waals surface area contributed by atoms with Gasteiger partial charge in [0.2, 0.25) is 10.0 Å². The number of fused-ring (bicyclic) bond motifs is 1. The first-order valence-corrected chi connectivity index (χ1v) is 13.5. The summed E-state index contributed by atoms with van der Waals surface area (Å²) >= 11 is 0. The van der Waals surface area contributed by atoms with E-state index in [1.54, 1.807) is 30.7 Å². The highest BCUT2D eigenvalue weighted by atomic mass is 32.2. The van der Waals surface area contributed by atoms with Crippen molar-refractivity contribution in [2.75, 3.05) is 22.9 Å². The van der Waals surface area contributed by atoms with Gasteiger partial charge in [-0.25, -0.2) is 22.2 Å². The highest BCUT2D eigenvalue weighted by molar-refractivity contribution is 7.92. The van der Waals surface area contributed by atoms with Crippen LogP contribution in [-0.2, 0) is 34.7 Å². The molecule has 5 rings (SSSR count). The molecule has 37 heavy (non-hydrogen) atoms. The molecule has 1 fully saturated rings. The Morgan fingerprint density at radius 1 is 1.27 bits per heavy atom. The molecule has 1 unspecified atom stereocenters. The first-order chi connectivity index (χ1) is 17.3. The molecule has 1 atom stereocenters. The molecule has 0 amide bonds. The molecule has 1 aromatic carbocycles. The molecule has 194 valence electrons. The number of anilines is 3. The van der Waals surface area contributed by atoms with Crippen molar-refractivity contribution in [2.24, 2.45) is 18.0 Å². The average molecular weight is 529 g/mol. The van der Waals surface area contributed by atoms with Crippen LogP contribution in [0, 0.1) is 5.92 Å². The summed E-state index contributed by atoms with van der Waals surface area (Å²) in [7, 11) is -0.306. The molecule has 1 N–H and O–H groups in total. The van der Waals surface area contributed by atoms with Crippen LogP contribution in [0.4, 0.5) is 31.5 Å². The number of alkyl halides is 2. The minimum Gasteiger partial charge on any atom is -0.352 e. The fourth-order valence-electron chi connectivity index (χ4n) is 4.44. The van der Waals surface area contributed by atoms with E-state index < -0.39 is 34.1 Å². The molecule has 2 aromatic heterocycles. The Morgan fingerprint density at radius 3 is 2.62 bits per heavy atom. The van der Waals surface area contributed by atoms with Gasteiger partial charge < -0.3 is 9.88 Å². The summed E-state index contributed by atoms with van der Waals surface area (Å²) in [6, 6.07) is 6.97. The van der Waals surface area contributed by atoms with E-state index in [1.807, 2.05) is 24.6 Å². The lowest BCUT2D eigenvalue weighted by atomic mass is 10.1. The number of pyridine rings is 1. The van der Waals surface area contributed by atoms with Gasteiger partial charge in [-0.2, -0.15) is 0 Å². The number of benzene rings is 1. The lowest BCUT2D eigenvalue weighted by Gasteiger charge is -2.23. The Morgan fingerprint density at radius 2 is 2.00 bits per heavy atom. The molecule has 3 heterocycles. The van der Waals surface area contributed by atoms with Crippen LogP contribution in [0.1, 0.15) is 24.7 Å². The zero-order valence-corrected chi connectivity index (χ0v) is 21.6. The highest BCUT2D eigenvalue weighted by Crippen LogP contribution is 2.49. The van der Waals surface area contributed by atoms with Crippen LogP contribution in [-0.4, -0.2) is 53.7 Å². The maximum absolute atomic E-state index is 13.4. The highest BCUT2D eigenvalue weighted by Gasteiger charge is 2.60. The number of carbonyl (C=O) groups excluding carboxylic acids is 1. The van der Waals surface area contributed by atoms with E-state index in [1.165, 1.54) is 11.4 Å². The van der Waals surface area contributed by atoms with Gasteiger partial charge in [-0.15, -0.1) is 0 Å². The third kappa shape index (κ3) is 4.85. The van der Waals surface area contributed by atoms with Gasteiger partial charge in [0.25, 0.3) is 5.92 Å². The first kappa shape index (κ1) is 25.0. The minimum absolute atomic E-state index is 0.212. The Kier molecular flexibility index (Phi) is 5.89. The SMILES string of the molecule is CC1=Nc2c(Nc3ccc(-c4cncn4C)cc3N(C)S(C)(=O)=O)cc(CC(=O)C3CC3(F)F)nc2C1. The Bertz CT molecular complexity index is 1560. The summed E-state index contributed by atoms with van der Waals surface area (Å²) in [4.78, 5) is 25.6. The van der Waals surface area contributed by atoms with Crippen LogP contribution >= 0.6 is 0 Å². The lowest BCUT2D eigenvalue weighted by molar-refractivity contribution is -0.121. The quantitative estimate of drug-likeness (QED) is 0.473. The van der Waals surface area contributed by atoms with E-state index in [4.69, 9.17) is 0 Å². The second kappa shape index (κ2) is 8.72. The maximum atomic E-state index is 13.4. The third-order valence-electron chi connectivity index (χ3n) is 6.63. The number of sulfonamides is 1. The largest absolute Gasteiger partial charge is 0.352 e. The van der Waals surface area contributed by atoms with Gasteiger partial charge in [-0.05, 0) is 25.1 Å². The molecule has 0 saturated heterocycles. The first-order valence-electron chi connectivity index (χ1n) is 11.6. The van der Waals surface area contributed by atoms with E-state index in [-0.39, 0.29) is 6.42 Å². The summed E-state index contributed by atoms with van der Waals surface area (Å²) in [6.07, 6.45) is 4.30. The number of rotatable bonds is 8. The maximum Gasteiger partial charge on any atom is 0.258 e. The van der Waals surface area contributed by atoms with Crippen LogP contribution in [0.25, 0.3) is 11.3 Å². The van der Waals surface area contributed by atoms with Crippen molar-refractivity contribution in [3.8, 4) is 11.3 Å². The molecular formula is C25H26F2N6O3S. The number of halogens is 2. The Balaban J connectivity index is 1.55. The van der Waals surface area contributed by atoms with Crippen molar-refractivity contribution in [1.82, 2.24) is 14.5 Å². The third-order valence-corrected chi connectivity index (χ3v) is 7.82. The molecule has 0 bridgehead atoms. The predicted octanol–water partition coefficient (Wildman–Crippen LogP) is 4.04. The van der Waals surface area contributed by atoms with Gasteiger partial charge in [0.1, 0.15) is 11.5 Å². The molecule has 1 saturated carbocycles. The van der Waals surface area contributed by atoms with Crippen molar-refractivity contribution in [2.45, 2.75) is 32.1 Å². The summed E-state index contributed by atoms with van der Waals surface area (Å²) < 4.78 is 54.8. The lowest BCUT2D eigenvalue weighted by Crippen LogP contribution is -2.25. The van der Waals surface area contributed by atoms with Gasteiger partial charge in [-0.1, -0.05) is 6.07 Å². The van der Waals surface area contributed by atoms with E-state index in [0.29, 0.717) is 40.6 Å². The molecule has 9 nitrogen and oxygen atoms in total. The van der Waals surface area contributed by atoms with Crippen molar-refractivity contribution < 1.29 is 22.0 Å². The predicted molar refractivity (Wildman–Crippen MR) is 138 cm³/mol. The van der Waals surface area contributed by atoms with Crippen molar-refractivity contribution in [3.63, 3.8) is 0 Å². The number of imidazole rings is 1. The molecule has 0 radical (unpaired) electrons. The number of Topliss-reactive ketones (excluding diaryl/α,β-unsaturated/α-hetero) is 1. The van der Waals surface area contributed by atoms with Gasteiger partial charge in [0.05, 0.1) is 58.8 Å². The number of ketones is 1. The standard InChI is InChI=1S/C25H26F2N6O3S/c1-14-7-19-24(29-14)20(9-16(30-19)10-23(34)17-11-25(17,26)27)31-18-6-5-15(22-12-28-13-32(22)2)8-21(18)33(3)37(4,35)36/h5-6,8-9,12-13,17H,7,10-11H2,1-4H3,(H,30,31). The smallest absolute Gasteiger partial charge is 0.258 e. The normalized spacial score (nSPS) is 17.8. The number of hydrogen-bond donors (Lipinski definition) is 1. The monoisotopic (exact) mass is 528 g/mol. The number of aliphatic imine (C=N–C) groups is 1. The Hall–Kier alpha value is -3.67. The molecular weight excluding hydrogens is 502 g/mol. The second-order valence-corrected chi connectivity index (χ2v) is 11.6. The van der Waals surface area contributed by atoms with Crippen LogP contribution in [0.3, 0.4) is 0 Å². The zero-order valence-electron chi connectivity index (χ0n) is 20.8. The number of carbonyl (C=O) groups is 1. The van der Waals surface area contributed by atoms with Crippen LogP contribution in [0.5, 0.6) is 0 Å². The number of nitrogens with zero attached hydrogens (tertiary/aromatic N) is 5. The topological polar surface area (TPSA) is 110 Å². The van der Waals surface area contributed by atoms with Crippen molar-refractivity contribution in [3.05, 3.63) is 48.2 Å². The molecule has 3 aromatic rings. The van der Waals surface area contributed by atoms with Crippen molar-refractivity contribution in [1.29, 1.82) is 0 Å². The average Bonchev–Trinajstić information content (AvgIpc) is 3.09. The number of nitrogens with one attached hydrogen (secondary N) is 1. The van der Waals surface area contributed by atoms with Crippen molar-refractivity contribution >= 4 is 44.3 Å².